The van der Waals surface area contributed by atoms with E-state index in [1.807, 2.05) is 18.0 Å². The van der Waals surface area contributed by atoms with Crippen molar-refractivity contribution < 1.29 is 4.39 Å². The van der Waals surface area contributed by atoms with Gasteiger partial charge in [-0.1, -0.05) is 35.0 Å². The molecular formula is C13H19BrFN. The molecule has 0 fully saturated rings. The summed E-state index contributed by atoms with van der Waals surface area (Å²) in [5, 5.41) is 0.671. The number of rotatable bonds is 4. The molecule has 1 rings (SSSR count). The van der Waals surface area contributed by atoms with Crippen molar-refractivity contribution in [1.29, 1.82) is 0 Å². The van der Waals surface area contributed by atoms with Gasteiger partial charge in [0.1, 0.15) is 5.82 Å². The monoisotopic (exact) mass is 287 g/mol. The molecule has 90 valence electrons. The van der Waals surface area contributed by atoms with Crippen LogP contribution in [0.1, 0.15) is 32.8 Å². The van der Waals surface area contributed by atoms with E-state index in [2.05, 4.69) is 36.7 Å². The molecule has 0 aliphatic rings. The van der Waals surface area contributed by atoms with Crippen molar-refractivity contribution in [2.45, 2.75) is 38.1 Å². The molecule has 1 aromatic rings. The molecule has 16 heavy (non-hydrogen) atoms. The van der Waals surface area contributed by atoms with E-state index < -0.39 is 0 Å². The SMILES string of the molecule is CCC(C)(C)N(C)c1c(F)cccc1CBr. The van der Waals surface area contributed by atoms with Crippen LogP contribution in [0.3, 0.4) is 0 Å². The minimum absolute atomic E-state index is 0.0425. The summed E-state index contributed by atoms with van der Waals surface area (Å²) in [5.74, 6) is -0.152. The molecule has 0 aliphatic heterocycles. The van der Waals surface area contributed by atoms with Gasteiger partial charge in [-0.2, -0.15) is 0 Å². The Morgan fingerprint density at radius 2 is 2.00 bits per heavy atom. The van der Waals surface area contributed by atoms with Crippen LogP contribution in [-0.2, 0) is 5.33 Å². The smallest absolute Gasteiger partial charge is 0.146 e. The fourth-order valence-electron chi connectivity index (χ4n) is 1.58. The number of nitrogens with zero attached hydrogens (tertiary/aromatic N) is 1. The molecule has 0 amide bonds. The Hall–Kier alpha value is -0.570. The van der Waals surface area contributed by atoms with E-state index in [9.17, 15) is 4.39 Å². The molecule has 3 heteroatoms. The largest absolute Gasteiger partial charge is 0.367 e. The first-order valence-electron chi connectivity index (χ1n) is 5.51. The molecule has 1 nitrogen and oxygen atoms in total. The molecule has 0 saturated carbocycles. The molecule has 1 aromatic carbocycles. The average Bonchev–Trinajstić information content (AvgIpc) is 2.27. The highest BCUT2D eigenvalue weighted by molar-refractivity contribution is 9.08. The summed E-state index contributed by atoms with van der Waals surface area (Å²) in [6.45, 7) is 6.36. The number of benzene rings is 1. The second kappa shape index (κ2) is 5.17. The Labute approximate surface area is 106 Å². The summed E-state index contributed by atoms with van der Waals surface area (Å²) in [6.07, 6.45) is 0.972. The van der Waals surface area contributed by atoms with E-state index in [0.717, 1.165) is 12.0 Å². The highest BCUT2D eigenvalue weighted by Gasteiger charge is 2.25. The lowest BCUT2D eigenvalue weighted by Gasteiger charge is -2.38. The van der Waals surface area contributed by atoms with Crippen molar-refractivity contribution in [2.24, 2.45) is 0 Å². The van der Waals surface area contributed by atoms with Gasteiger partial charge in [0, 0.05) is 17.9 Å². The lowest BCUT2D eigenvalue weighted by atomic mass is 9.98. The Balaban J connectivity index is 3.21. The Bertz CT molecular complexity index is 363. The van der Waals surface area contributed by atoms with Crippen LogP contribution in [0.15, 0.2) is 18.2 Å². The van der Waals surface area contributed by atoms with Crippen LogP contribution >= 0.6 is 15.9 Å². The first-order valence-corrected chi connectivity index (χ1v) is 6.63. The fourth-order valence-corrected chi connectivity index (χ4v) is 2.04. The van der Waals surface area contributed by atoms with Gasteiger partial charge in [-0.15, -0.1) is 0 Å². The maximum Gasteiger partial charge on any atom is 0.146 e. The standard InChI is InChI=1S/C13H19BrFN/c1-5-13(2,3)16(4)12-10(9-14)7-6-8-11(12)15/h6-8H,5,9H2,1-4H3. The predicted molar refractivity (Wildman–Crippen MR) is 71.8 cm³/mol. The average molecular weight is 288 g/mol. The molecule has 0 N–H and O–H groups in total. The van der Waals surface area contributed by atoms with Crippen molar-refractivity contribution in [3.05, 3.63) is 29.6 Å². The zero-order valence-corrected chi connectivity index (χ0v) is 11.9. The zero-order valence-electron chi connectivity index (χ0n) is 10.3. The quantitative estimate of drug-likeness (QED) is 0.745. The molecule has 0 unspecified atom stereocenters. The highest BCUT2D eigenvalue weighted by Crippen LogP contribution is 2.31. The summed E-state index contributed by atoms with van der Waals surface area (Å²) in [4.78, 5) is 2.03. The van der Waals surface area contributed by atoms with Gasteiger partial charge in [0.2, 0.25) is 0 Å². The maximum absolute atomic E-state index is 13.9. The third kappa shape index (κ3) is 2.57. The van der Waals surface area contributed by atoms with E-state index in [4.69, 9.17) is 0 Å². The summed E-state index contributed by atoms with van der Waals surface area (Å²) in [5.41, 5.74) is 1.65. The molecule has 0 atom stereocenters. The summed E-state index contributed by atoms with van der Waals surface area (Å²) < 4.78 is 13.9. The molecule has 0 aliphatic carbocycles. The van der Waals surface area contributed by atoms with Crippen LogP contribution in [0.5, 0.6) is 0 Å². The van der Waals surface area contributed by atoms with Gasteiger partial charge in [-0.25, -0.2) is 4.39 Å². The summed E-state index contributed by atoms with van der Waals surface area (Å²) in [7, 11) is 1.95. The molecule has 0 heterocycles. The van der Waals surface area contributed by atoms with Gasteiger partial charge in [0.05, 0.1) is 5.69 Å². The van der Waals surface area contributed by atoms with E-state index in [-0.39, 0.29) is 11.4 Å². The van der Waals surface area contributed by atoms with E-state index in [1.165, 1.54) is 6.07 Å². The van der Waals surface area contributed by atoms with Crippen molar-refractivity contribution in [1.82, 2.24) is 0 Å². The van der Waals surface area contributed by atoms with Gasteiger partial charge in [-0.3, -0.25) is 0 Å². The van der Waals surface area contributed by atoms with Gasteiger partial charge in [0.25, 0.3) is 0 Å². The van der Waals surface area contributed by atoms with E-state index in [1.54, 1.807) is 6.07 Å². The lowest BCUT2D eigenvalue weighted by molar-refractivity contribution is 0.461. The topological polar surface area (TPSA) is 3.24 Å². The van der Waals surface area contributed by atoms with Crippen LogP contribution in [0, 0.1) is 5.82 Å². The van der Waals surface area contributed by atoms with Crippen LogP contribution < -0.4 is 4.90 Å². The first-order chi connectivity index (χ1) is 7.44. The number of anilines is 1. The van der Waals surface area contributed by atoms with Crippen LogP contribution in [0.2, 0.25) is 0 Å². The van der Waals surface area contributed by atoms with E-state index in [0.29, 0.717) is 11.0 Å². The minimum Gasteiger partial charge on any atom is -0.367 e. The van der Waals surface area contributed by atoms with Gasteiger partial charge in [-0.05, 0) is 31.9 Å². The van der Waals surface area contributed by atoms with Crippen molar-refractivity contribution >= 4 is 21.6 Å². The summed E-state index contributed by atoms with van der Waals surface area (Å²) in [6, 6.07) is 5.22. The molecule has 0 bridgehead atoms. The maximum atomic E-state index is 13.9. The molecular weight excluding hydrogens is 269 g/mol. The highest BCUT2D eigenvalue weighted by atomic mass is 79.9. The van der Waals surface area contributed by atoms with Crippen molar-refractivity contribution in [3.63, 3.8) is 0 Å². The summed E-state index contributed by atoms with van der Waals surface area (Å²) >= 11 is 3.41. The number of hydrogen-bond donors (Lipinski definition) is 0. The Morgan fingerprint density at radius 3 is 2.50 bits per heavy atom. The molecule has 0 spiro atoms. The molecule has 0 saturated heterocycles. The number of hydrogen-bond acceptors (Lipinski definition) is 1. The van der Waals surface area contributed by atoms with Crippen LogP contribution in [-0.4, -0.2) is 12.6 Å². The Kier molecular flexibility index (Phi) is 4.36. The van der Waals surface area contributed by atoms with Crippen LogP contribution in [0.25, 0.3) is 0 Å². The van der Waals surface area contributed by atoms with Gasteiger partial charge in [0.15, 0.2) is 0 Å². The first kappa shape index (κ1) is 13.5. The molecule has 0 aromatic heterocycles. The zero-order chi connectivity index (χ0) is 12.3. The molecule has 0 radical (unpaired) electrons. The van der Waals surface area contributed by atoms with Crippen molar-refractivity contribution in [2.75, 3.05) is 11.9 Å². The third-order valence-corrected chi connectivity index (χ3v) is 3.93. The number of alkyl halides is 1. The van der Waals surface area contributed by atoms with E-state index >= 15 is 0 Å². The predicted octanol–water partition coefficient (Wildman–Crippen LogP) is 4.35. The third-order valence-electron chi connectivity index (χ3n) is 3.32. The second-order valence-electron chi connectivity index (χ2n) is 4.61. The number of halogens is 2. The van der Waals surface area contributed by atoms with Crippen LogP contribution in [0.4, 0.5) is 10.1 Å². The fraction of sp³-hybridized carbons (Fsp3) is 0.538. The minimum atomic E-state index is -0.152. The van der Waals surface area contributed by atoms with Gasteiger partial charge < -0.3 is 4.90 Å². The van der Waals surface area contributed by atoms with Crippen molar-refractivity contribution in [3.8, 4) is 0 Å². The lowest BCUT2D eigenvalue weighted by Crippen LogP contribution is -2.41. The van der Waals surface area contributed by atoms with Gasteiger partial charge >= 0.3 is 0 Å². The Morgan fingerprint density at radius 1 is 1.38 bits per heavy atom. The normalized spacial score (nSPS) is 11.6. The number of para-hydroxylation sites is 1. The second-order valence-corrected chi connectivity index (χ2v) is 5.17.